The predicted octanol–water partition coefficient (Wildman–Crippen LogP) is 4.07. The van der Waals surface area contributed by atoms with Gasteiger partial charge < -0.3 is 24.6 Å². The summed E-state index contributed by atoms with van der Waals surface area (Å²) in [6, 6.07) is 13.1. The maximum absolute atomic E-state index is 12.0. The van der Waals surface area contributed by atoms with E-state index < -0.39 is 0 Å². The Kier molecular flexibility index (Phi) is 10.7. The van der Waals surface area contributed by atoms with Crippen molar-refractivity contribution >= 4 is 24.2 Å². The second kappa shape index (κ2) is 13.3. The first kappa shape index (κ1) is 24.2. The number of hydrogen-bond donors (Lipinski definition) is 3. The molecule has 2 aromatic carbocycles. The topological polar surface area (TPSA) is 77.0 Å². The lowest BCUT2D eigenvalue weighted by atomic mass is 10.0. The minimum Gasteiger partial charge on any atom is -0.457 e. The van der Waals surface area contributed by atoms with Gasteiger partial charge in [0.15, 0.2) is 0 Å². The number of nitrogens with one attached hydrogen (secondary N) is 1. The highest BCUT2D eigenvalue weighted by Gasteiger charge is 2.11. The van der Waals surface area contributed by atoms with Crippen LogP contribution in [0.4, 0.5) is 5.69 Å². The first-order valence-corrected chi connectivity index (χ1v) is 10.7. The maximum atomic E-state index is 12.0. The summed E-state index contributed by atoms with van der Waals surface area (Å²) in [5.74, 6) is 2.21. The molecule has 0 aromatic heterocycles. The van der Waals surface area contributed by atoms with Crippen LogP contribution < -0.4 is 10.1 Å². The van der Waals surface area contributed by atoms with Gasteiger partial charge in [-0.2, -0.15) is 12.6 Å². The molecule has 0 bridgehead atoms. The van der Waals surface area contributed by atoms with Crippen LogP contribution in [0.2, 0.25) is 0 Å². The largest absolute Gasteiger partial charge is 0.457 e. The van der Waals surface area contributed by atoms with Crippen LogP contribution in [0.25, 0.3) is 0 Å². The molecule has 0 radical (unpaired) electrons. The molecular formula is C23H31NO5S. The number of carbonyl (C=O) groups is 1. The first-order chi connectivity index (χ1) is 14.5. The number of anilines is 1. The second-order valence-electron chi connectivity index (χ2n) is 7.23. The molecule has 2 aromatic rings. The third-order valence-electron chi connectivity index (χ3n) is 4.18. The lowest BCUT2D eigenvalue weighted by Crippen LogP contribution is -2.20. The fourth-order valence-electron chi connectivity index (χ4n) is 2.86. The summed E-state index contributed by atoms with van der Waals surface area (Å²) in [5, 5.41) is 12.5. The van der Waals surface area contributed by atoms with E-state index in [1.165, 1.54) is 0 Å². The number of aliphatic hydroxyl groups excluding tert-OH is 1. The summed E-state index contributed by atoms with van der Waals surface area (Å²) >= 11 is 4.05. The molecule has 7 heteroatoms. The molecule has 1 amide bonds. The van der Waals surface area contributed by atoms with Crippen molar-refractivity contribution in [2.45, 2.75) is 26.9 Å². The summed E-state index contributed by atoms with van der Waals surface area (Å²) in [6.07, 6.45) is 0.901. The van der Waals surface area contributed by atoms with Crippen molar-refractivity contribution in [3.8, 4) is 11.5 Å². The molecule has 2 rings (SSSR count). The Labute approximate surface area is 184 Å². The van der Waals surface area contributed by atoms with Crippen molar-refractivity contribution in [2.75, 3.05) is 37.5 Å². The number of ether oxygens (including phenoxy) is 3. The van der Waals surface area contributed by atoms with E-state index in [0.29, 0.717) is 48.5 Å². The molecule has 6 nitrogen and oxygen atoms in total. The standard InChI is InChI=1S/C23H31NO5S/c1-17(2)13-18-5-3-4-6-21(18)29-22-8-7-20(14-19(22)15-25)24-23(26)16-28-10-9-27-11-12-30/h3-8,14,17,25,30H,9-13,15-16H2,1-2H3,(H,24,26). The van der Waals surface area contributed by atoms with E-state index in [0.717, 1.165) is 17.7 Å². The van der Waals surface area contributed by atoms with E-state index in [9.17, 15) is 9.90 Å². The molecule has 0 atom stereocenters. The lowest BCUT2D eigenvalue weighted by Gasteiger charge is -2.16. The molecule has 0 aliphatic heterocycles. The number of aliphatic hydroxyl groups is 1. The quantitative estimate of drug-likeness (QED) is 0.328. The van der Waals surface area contributed by atoms with E-state index in [4.69, 9.17) is 14.2 Å². The molecule has 0 saturated carbocycles. The van der Waals surface area contributed by atoms with Crippen molar-refractivity contribution in [3.63, 3.8) is 0 Å². The summed E-state index contributed by atoms with van der Waals surface area (Å²) in [5.41, 5.74) is 2.28. The van der Waals surface area contributed by atoms with Gasteiger partial charge in [0.1, 0.15) is 18.1 Å². The number of hydrogen-bond acceptors (Lipinski definition) is 6. The molecular weight excluding hydrogens is 402 g/mol. The third-order valence-corrected chi connectivity index (χ3v) is 4.36. The molecule has 2 N–H and O–H groups in total. The fraction of sp³-hybridized carbons (Fsp3) is 0.435. The SMILES string of the molecule is CC(C)Cc1ccccc1Oc1ccc(NC(=O)COCCOCCS)cc1CO. The zero-order valence-electron chi connectivity index (χ0n) is 17.6. The van der Waals surface area contributed by atoms with Crippen molar-refractivity contribution in [2.24, 2.45) is 5.92 Å². The van der Waals surface area contributed by atoms with Crippen molar-refractivity contribution < 1.29 is 24.1 Å². The average Bonchev–Trinajstić information content (AvgIpc) is 2.72. The van der Waals surface area contributed by atoms with Crippen LogP contribution in [0, 0.1) is 5.92 Å². The Hall–Kier alpha value is -2.06. The van der Waals surface area contributed by atoms with Gasteiger partial charge in [0.2, 0.25) is 5.91 Å². The van der Waals surface area contributed by atoms with Crippen LogP contribution in [0.1, 0.15) is 25.0 Å². The molecule has 0 spiro atoms. The van der Waals surface area contributed by atoms with Gasteiger partial charge in [-0.3, -0.25) is 4.79 Å². The molecule has 0 saturated heterocycles. The molecule has 0 fully saturated rings. The molecule has 0 unspecified atom stereocenters. The number of para-hydroxylation sites is 1. The van der Waals surface area contributed by atoms with Crippen LogP contribution >= 0.6 is 12.6 Å². The van der Waals surface area contributed by atoms with Crippen LogP contribution in [0.3, 0.4) is 0 Å². The summed E-state index contributed by atoms with van der Waals surface area (Å²) < 4.78 is 16.6. The van der Waals surface area contributed by atoms with Crippen molar-refractivity contribution in [3.05, 3.63) is 53.6 Å². The molecule has 30 heavy (non-hydrogen) atoms. The Balaban J connectivity index is 1.96. The van der Waals surface area contributed by atoms with Gasteiger partial charge in [0.25, 0.3) is 0 Å². The summed E-state index contributed by atoms with van der Waals surface area (Å²) in [4.78, 5) is 12.0. The molecule has 0 aliphatic rings. The highest BCUT2D eigenvalue weighted by atomic mass is 32.1. The van der Waals surface area contributed by atoms with E-state index in [1.807, 2.05) is 24.3 Å². The molecule has 0 aliphatic carbocycles. The summed E-state index contributed by atoms with van der Waals surface area (Å²) in [6.45, 7) is 5.36. The van der Waals surface area contributed by atoms with Crippen LogP contribution in [-0.2, 0) is 27.3 Å². The smallest absolute Gasteiger partial charge is 0.250 e. The summed E-state index contributed by atoms with van der Waals surface area (Å²) in [7, 11) is 0. The van der Waals surface area contributed by atoms with Gasteiger partial charge in [0.05, 0.1) is 26.4 Å². The first-order valence-electron chi connectivity index (χ1n) is 10.1. The van der Waals surface area contributed by atoms with Crippen molar-refractivity contribution in [1.82, 2.24) is 0 Å². The average molecular weight is 434 g/mol. The fourth-order valence-corrected chi connectivity index (χ4v) is 2.99. The predicted molar refractivity (Wildman–Crippen MR) is 122 cm³/mol. The highest BCUT2D eigenvalue weighted by molar-refractivity contribution is 7.80. The number of amides is 1. The Morgan fingerprint density at radius 3 is 2.50 bits per heavy atom. The van der Waals surface area contributed by atoms with E-state index in [2.05, 4.69) is 31.8 Å². The number of carbonyl (C=O) groups excluding carboxylic acids is 1. The number of thiol groups is 1. The van der Waals surface area contributed by atoms with Crippen LogP contribution in [0.15, 0.2) is 42.5 Å². The van der Waals surface area contributed by atoms with Crippen LogP contribution in [0.5, 0.6) is 11.5 Å². The van der Waals surface area contributed by atoms with Gasteiger partial charge >= 0.3 is 0 Å². The zero-order valence-corrected chi connectivity index (χ0v) is 18.5. The normalized spacial score (nSPS) is 11.0. The Morgan fingerprint density at radius 1 is 1.03 bits per heavy atom. The minimum absolute atomic E-state index is 0.0699. The third kappa shape index (κ3) is 8.36. The lowest BCUT2D eigenvalue weighted by molar-refractivity contribution is -0.121. The van der Waals surface area contributed by atoms with E-state index in [1.54, 1.807) is 18.2 Å². The number of benzene rings is 2. The van der Waals surface area contributed by atoms with Gasteiger partial charge in [-0.15, -0.1) is 0 Å². The Bertz CT molecular complexity index is 797. The van der Waals surface area contributed by atoms with Gasteiger partial charge in [0, 0.05) is 17.0 Å². The van der Waals surface area contributed by atoms with Gasteiger partial charge in [-0.05, 0) is 42.2 Å². The Morgan fingerprint density at radius 2 is 1.77 bits per heavy atom. The van der Waals surface area contributed by atoms with E-state index in [-0.39, 0.29) is 19.1 Å². The monoisotopic (exact) mass is 433 g/mol. The van der Waals surface area contributed by atoms with Crippen LogP contribution in [-0.4, -0.2) is 43.2 Å². The minimum atomic E-state index is -0.274. The molecule has 0 heterocycles. The van der Waals surface area contributed by atoms with E-state index >= 15 is 0 Å². The highest BCUT2D eigenvalue weighted by Crippen LogP contribution is 2.31. The van der Waals surface area contributed by atoms with Gasteiger partial charge in [-0.1, -0.05) is 32.0 Å². The van der Waals surface area contributed by atoms with Gasteiger partial charge in [-0.25, -0.2) is 0 Å². The van der Waals surface area contributed by atoms with Crippen molar-refractivity contribution in [1.29, 1.82) is 0 Å². The number of rotatable bonds is 13. The molecule has 164 valence electrons. The second-order valence-corrected chi connectivity index (χ2v) is 7.67. The maximum Gasteiger partial charge on any atom is 0.250 e. The zero-order chi connectivity index (χ0) is 21.8.